The topological polar surface area (TPSA) is 51.4 Å². The Kier molecular flexibility index (Phi) is 4.74. The third-order valence-corrected chi connectivity index (χ3v) is 3.42. The predicted octanol–water partition coefficient (Wildman–Crippen LogP) is 2.45. The van der Waals surface area contributed by atoms with Gasteiger partial charge >= 0.3 is 0 Å². The SMILES string of the molecule is COc1ccccc1CC(C)N(C)Cc1noc(C)n1. The van der Waals surface area contributed by atoms with Gasteiger partial charge in [0.15, 0.2) is 5.82 Å². The molecule has 0 radical (unpaired) electrons. The molecule has 1 aromatic carbocycles. The fourth-order valence-corrected chi connectivity index (χ4v) is 2.13. The highest BCUT2D eigenvalue weighted by atomic mass is 16.5. The van der Waals surface area contributed by atoms with Gasteiger partial charge in [-0.3, -0.25) is 4.90 Å². The van der Waals surface area contributed by atoms with Crippen molar-refractivity contribution in [2.24, 2.45) is 0 Å². The number of ether oxygens (including phenoxy) is 1. The third-order valence-electron chi connectivity index (χ3n) is 3.42. The molecular weight excluding hydrogens is 254 g/mol. The van der Waals surface area contributed by atoms with Gasteiger partial charge in [0.1, 0.15) is 5.75 Å². The summed E-state index contributed by atoms with van der Waals surface area (Å²) in [5.41, 5.74) is 1.21. The van der Waals surface area contributed by atoms with Crippen LogP contribution in [0.5, 0.6) is 5.75 Å². The summed E-state index contributed by atoms with van der Waals surface area (Å²) in [6.45, 7) is 4.65. The van der Waals surface area contributed by atoms with Crippen LogP contribution in [0.4, 0.5) is 0 Å². The largest absolute Gasteiger partial charge is 0.496 e. The molecule has 1 aromatic heterocycles. The number of likely N-dealkylation sites (N-methyl/N-ethyl adjacent to an activating group) is 1. The molecule has 0 fully saturated rings. The van der Waals surface area contributed by atoms with E-state index in [4.69, 9.17) is 9.26 Å². The Labute approximate surface area is 119 Å². The lowest BCUT2D eigenvalue weighted by atomic mass is 10.1. The van der Waals surface area contributed by atoms with Gasteiger partial charge in [-0.2, -0.15) is 4.98 Å². The van der Waals surface area contributed by atoms with Gasteiger partial charge in [0.2, 0.25) is 5.89 Å². The second-order valence-corrected chi connectivity index (χ2v) is 5.01. The number of aryl methyl sites for hydroxylation is 1. The molecule has 0 saturated carbocycles. The van der Waals surface area contributed by atoms with Crippen LogP contribution in [0.1, 0.15) is 24.2 Å². The maximum absolute atomic E-state index is 5.39. The van der Waals surface area contributed by atoms with E-state index < -0.39 is 0 Å². The Bertz CT molecular complexity index is 554. The van der Waals surface area contributed by atoms with E-state index >= 15 is 0 Å². The van der Waals surface area contributed by atoms with Crippen LogP contribution in [0.3, 0.4) is 0 Å². The van der Waals surface area contributed by atoms with Crippen molar-refractivity contribution in [2.45, 2.75) is 32.9 Å². The quantitative estimate of drug-likeness (QED) is 0.810. The highest BCUT2D eigenvalue weighted by molar-refractivity contribution is 5.33. The van der Waals surface area contributed by atoms with Crippen molar-refractivity contribution < 1.29 is 9.26 Å². The van der Waals surface area contributed by atoms with Crippen molar-refractivity contribution in [3.8, 4) is 5.75 Å². The molecule has 0 spiro atoms. The van der Waals surface area contributed by atoms with Gasteiger partial charge in [-0.15, -0.1) is 0 Å². The molecule has 1 heterocycles. The van der Waals surface area contributed by atoms with Crippen molar-refractivity contribution in [1.29, 1.82) is 0 Å². The number of hydrogen-bond donors (Lipinski definition) is 0. The van der Waals surface area contributed by atoms with Gasteiger partial charge in [-0.25, -0.2) is 0 Å². The minimum Gasteiger partial charge on any atom is -0.496 e. The lowest BCUT2D eigenvalue weighted by molar-refractivity contribution is 0.236. The maximum Gasteiger partial charge on any atom is 0.223 e. The number of nitrogens with zero attached hydrogens (tertiary/aromatic N) is 3. The van der Waals surface area contributed by atoms with Crippen LogP contribution < -0.4 is 4.74 Å². The summed E-state index contributed by atoms with van der Waals surface area (Å²) in [5, 5.41) is 3.93. The zero-order valence-electron chi connectivity index (χ0n) is 12.5. The second-order valence-electron chi connectivity index (χ2n) is 5.01. The van der Waals surface area contributed by atoms with E-state index in [0.29, 0.717) is 18.5 Å². The van der Waals surface area contributed by atoms with Gasteiger partial charge in [-0.1, -0.05) is 23.4 Å². The monoisotopic (exact) mass is 275 g/mol. The van der Waals surface area contributed by atoms with Gasteiger partial charge in [0.25, 0.3) is 0 Å². The molecular formula is C15H21N3O2. The van der Waals surface area contributed by atoms with Crippen LogP contribution in [-0.4, -0.2) is 35.2 Å². The van der Waals surface area contributed by atoms with Crippen molar-refractivity contribution in [2.75, 3.05) is 14.2 Å². The Hall–Kier alpha value is -1.88. The van der Waals surface area contributed by atoms with Gasteiger partial charge in [-0.05, 0) is 32.0 Å². The molecule has 0 N–H and O–H groups in total. The van der Waals surface area contributed by atoms with Crippen LogP contribution in [-0.2, 0) is 13.0 Å². The van der Waals surface area contributed by atoms with E-state index in [1.165, 1.54) is 5.56 Å². The number of benzene rings is 1. The minimum atomic E-state index is 0.352. The first-order valence-corrected chi connectivity index (χ1v) is 6.71. The molecule has 0 aliphatic carbocycles. The molecule has 0 aliphatic rings. The van der Waals surface area contributed by atoms with E-state index in [1.807, 2.05) is 18.2 Å². The average Bonchev–Trinajstić information content (AvgIpc) is 2.84. The second kappa shape index (κ2) is 6.52. The molecule has 0 aliphatic heterocycles. The summed E-state index contributed by atoms with van der Waals surface area (Å²) in [4.78, 5) is 6.43. The Morgan fingerprint density at radius 1 is 1.35 bits per heavy atom. The predicted molar refractivity (Wildman–Crippen MR) is 76.7 cm³/mol. The molecule has 2 aromatic rings. The number of rotatable bonds is 6. The first kappa shape index (κ1) is 14.5. The molecule has 0 bridgehead atoms. The standard InChI is InChI=1S/C15H21N3O2/c1-11(9-13-7-5-6-8-14(13)19-4)18(3)10-15-16-12(2)20-17-15/h5-8,11H,9-10H2,1-4H3. The smallest absolute Gasteiger partial charge is 0.223 e. The van der Waals surface area contributed by atoms with E-state index in [0.717, 1.165) is 18.0 Å². The third kappa shape index (κ3) is 3.57. The molecule has 5 nitrogen and oxygen atoms in total. The summed E-state index contributed by atoms with van der Waals surface area (Å²) in [6.07, 6.45) is 0.914. The summed E-state index contributed by atoms with van der Waals surface area (Å²) in [6, 6.07) is 8.46. The molecule has 108 valence electrons. The molecule has 2 rings (SSSR count). The fraction of sp³-hybridized carbons (Fsp3) is 0.467. The number of methoxy groups -OCH3 is 1. The first-order valence-electron chi connectivity index (χ1n) is 6.71. The highest BCUT2D eigenvalue weighted by Gasteiger charge is 2.15. The summed E-state index contributed by atoms with van der Waals surface area (Å²) in [7, 11) is 3.76. The normalized spacial score (nSPS) is 12.7. The van der Waals surface area contributed by atoms with Gasteiger partial charge < -0.3 is 9.26 Å². The molecule has 1 unspecified atom stereocenters. The Balaban J connectivity index is 1.98. The van der Waals surface area contributed by atoms with Crippen molar-refractivity contribution >= 4 is 0 Å². The van der Waals surface area contributed by atoms with E-state index in [9.17, 15) is 0 Å². The average molecular weight is 275 g/mol. The van der Waals surface area contributed by atoms with Crippen molar-refractivity contribution in [3.63, 3.8) is 0 Å². The van der Waals surface area contributed by atoms with Gasteiger partial charge in [0, 0.05) is 13.0 Å². The summed E-state index contributed by atoms with van der Waals surface area (Å²) in [5.74, 6) is 2.26. The Morgan fingerprint density at radius 2 is 2.10 bits per heavy atom. The minimum absolute atomic E-state index is 0.352. The first-order chi connectivity index (χ1) is 9.60. The fourth-order valence-electron chi connectivity index (χ4n) is 2.13. The molecule has 20 heavy (non-hydrogen) atoms. The molecule has 0 amide bonds. The van der Waals surface area contributed by atoms with Crippen LogP contribution in [0.2, 0.25) is 0 Å². The van der Waals surface area contributed by atoms with E-state index in [1.54, 1.807) is 14.0 Å². The van der Waals surface area contributed by atoms with Crippen LogP contribution in [0, 0.1) is 6.92 Å². The molecule has 0 saturated heterocycles. The number of hydrogen-bond acceptors (Lipinski definition) is 5. The van der Waals surface area contributed by atoms with Crippen LogP contribution in [0.25, 0.3) is 0 Å². The molecule has 5 heteroatoms. The van der Waals surface area contributed by atoms with E-state index in [-0.39, 0.29) is 0 Å². The summed E-state index contributed by atoms with van der Waals surface area (Å²) >= 11 is 0. The van der Waals surface area contributed by atoms with Crippen molar-refractivity contribution in [3.05, 3.63) is 41.5 Å². The number of aromatic nitrogens is 2. The summed E-state index contributed by atoms with van der Waals surface area (Å²) < 4.78 is 10.4. The van der Waals surface area contributed by atoms with Crippen LogP contribution in [0.15, 0.2) is 28.8 Å². The lowest BCUT2D eigenvalue weighted by Crippen LogP contribution is -2.30. The van der Waals surface area contributed by atoms with E-state index in [2.05, 4.69) is 35.1 Å². The Morgan fingerprint density at radius 3 is 2.75 bits per heavy atom. The lowest BCUT2D eigenvalue weighted by Gasteiger charge is -2.24. The zero-order chi connectivity index (χ0) is 14.5. The molecule has 1 atom stereocenters. The zero-order valence-corrected chi connectivity index (χ0v) is 12.5. The van der Waals surface area contributed by atoms with Gasteiger partial charge in [0.05, 0.1) is 13.7 Å². The van der Waals surface area contributed by atoms with Crippen molar-refractivity contribution in [1.82, 2.24) is 15.0 Å². The van der Waals surface area contributed by atoms with Crippen LogP contribution >= 0.6 is 0 Å². The number of para-hydroxylation sites is 1. The maximum atomic E-state index is 5.39. The highest BCUT2D eigenvalue weighted by Crippen LogP contribution is 2.20.